The number of allylic oxidation sites excluding steroid dienone is 1. The summed E-state index contributed by atoms with van der Waals surface area (Å²) >= 11 is 0. The lowest BCUT2D eigenvalue weighted by molar-refractivity contribution is 0.365. The number of rotatable bonds is 2. The van der Waals surface area contributed by atoms with Gasteiger partial charge in [0.25, 0.3) is 5.56 Å². The van der Waals surface area contributed by atoms with Gasteiger partial charge in [-0.25, -0.2) is 4.79 Å². The highest BCUT2D eigenvalue weighted by Gasteiger charge is 2.36. The van der Waals surface area contributed by atoms with E-state index in [0.717, 1.165) is 11.1 Å². The van der Waals surface area contributed by atoms with Crippen LogP contribution in [0.4, 0.5) is 0 Å². The van der Waals surface area contributed by atoms with E-state index in [1.807, 2.05) is 37.3 Å². The van der Waals surface area contributed by atoms with E-state index in [0.29, 0.717) is 11.5 Å². The summed E-state index contributed by atoms with van der Waals surface area (Å²) in [6.07, 6.45) is 0. The molecule has 0 spiro atoms. The molecule has 2 aromatic heterocycles. The van der Waals surface area contributed by atoms with Gasteiger partial charge in [-0.15, -0.1) is 0 Å². The van der Waals surface area contributed by atoms with Crippen LogP contribution >= 0.6 is 0 Å². The lowest BCUT2D eigenvalue weighted by Gasteiger charge is -2.22. The minimum atomic E-state index is -0.890. The van der Waals surface area contributed by atoms with Crippen molar-refractivity contribution < 1.29 is 9.15 Å². The van der Waals surface area contributed by atoms with Crippen LogP contribution in [0.15, 0.2) is 61.9 Å². The summed E-state index contributed by atoms with van der Waals surface area (Å²) in [7, 11) is 0. The number of hydrogen-bond donors (Lipinski definition) is 3. The van der Waals surface area contributed by atoms with Gasteiger partial charge in [0.15, 0.2) is 0 Å². The van der Waals surface area contributed by atoms with Crippen LogP contribution in [-0.2, 0) is 0 Å². The number of ether oxygens (including phenoxy) is 1. The maximum absolute atomic E-state index is 12.4. The number of benzene rings is 1. The standard InChI is InChI=1S/C19H14N4O4/c1-9-2-4-10(5-3-9)12-6-7-13(26-12)14-11(8-20)16(21)27-18-15(14)17(24)22-19(25)23-18/h2-7,14H,21H2,1H3,(H2,22,23,24,25). The smallest absolute Gasteiger partial charge is 0.328 e. The summed E-state index contributed by atoms with van der Waals surface area (Å²) in [6.45, 7) is 1.98. The highest BCUT2D eigenvalue weighted by Crippen LogP contribution is 2.40. The quantitative estimate of drug-likeness (QED) is 0.636. The lowest BCUT2D eigenvalue weighted by Crippen LogP contribution is -2.33. The monoisotopic (exact) mass is 362 g/mol. The van der Waals surface area contributed by atoms with Gasteiger partial charge in [-0.1, -0.05) is 29.8 Å². The molecule has 3 aromatic rings. The molecule has 0 fully saturated rings. The molecule has 1 aliphatic rings. The third-order valence-electron chi connectivity index (χ3n) is 4.37. The van der Waals surface area contributed by atoms with E-state index in [1.165, 1.54) is 0 Å². The fraction of sp³-hybridized carbons (Fsp3) is 0.105. The number of aryl methyl sites for hydroxylation is 1. The number of fused-ring (bicyclic) bond motifs is 1. The number of nitrogens with one attached hydrogen (secondary N) is 2. The van der Waals surface area contributed by atoms with Crippen LogP contribution in [0.3, 0.4) is 0 Å². The van der Waals surface area contributed by atoms with Crippen LogP contribution in [0.5, 0.6) is 5.88 Å². The number of aromatic nitrogens is 2. The first-order valence-corrected chi connectivity index (χ1v) is 8.09. The Morgan fingerprint density at radius 1 is 1.11 bits per heavy atom. The highest BCUT2D eigenvalue weighted by atomic mass is 16.5. The van der Waals surface area contributed by atoms with Gasteiger partial charge in [0.1, 0.15) is 23.2 Å². The summed E-state index contributed by atoms with van der Waals surface area (Å²) < 4.78 is 11.2. The first-order valence-electron chi connectivity index (χ1n) is 8.09. The van der Waals surface area contributed by atoms with Gasteiger partial charge in [0.2, 0.25) is 11.8 Å². The summed E-state index contributed by atoms with van der Waals surface area (Å²) in [5.74, 6) is -0.261. The van der Waals surface area contributed by atoms with Crippen LogP contribution in [0.2, 0.25) is 0 Å². The normalized spacial score (nSPS) is 15.8. The molecule has 3 heterocycles. The van der Waals surface area contributed by atoms with Gasteiger partial charge in [-0.2, -0.15) is 5.26 Å². The van der Waals surface area contributed by atoms with Crippen molar-refractivity contribution in [2.45, 2.75) is 12.8 Å². The maximum Gasteiger partial charge on any atom is 0.328 e. The van der Waals surface area contributed by atoms with Gasteiger partial charge in [-0.05, 0) is 19.1 Å². The van der Waals surface area contributed by atoms with E-state index in [-0.39, 0.29) is 22.9 Å². The van der Waals surface area contributed by atoms with Crippen molar-refractivity contribution in [3.05, 3.63) is 85.6 Å². The number of nitriles is 1. The van der Waals surface area contributed by atoms with E-state index >= 15 is 0 Å². The maximum atomic E-state index is 12.4. The van der Waals surface area contributed by atoms with Gasteiger partial charge in [-0.3, -0.25) is 14.8 Å². The van der Waals surface area contributed by atoms with E-state index in [4.69, 9.17) is 14.9 Å². The number of furan rings is 1. The Bertz CT molecular complexity index is 1220. The van der Waals surface area contributed by atoms with Crippen LogP contribution in [0.1, 0.15) is 22.8 Å². The van der Waals surface area contributed by atoms with Crippen molar-refractivity contribution in [1.29, 1.82) is 5.26 Å². The molecule has 0 saturated heterocycles. The second-order valence-corrected chi connectivity index (χ2v) is 6.14. The predicted molar refractivity (Wildman–Crippen MR) is 95.9 cm³/mol. The van der Waals surface area contributed by atoms with Gasteiger partial charge in [0.05, 0.1) is 11.5 Å². The minimum Gasteiger partial charge on any atom is -0.460 e. The van der Waals surface area contributed by atoms with E-state index in [2.05, 4.69) is 9.97 Å². The lowest BCUT2D eigenvalue weighted by atomic mass is 9.89. The Hall–Kier alpha value is -3.99. The molecule has 134 valence electrons. The Kier molecular flexibility index (Phi) is 3.70. The van der Waals surface area contributed by atoms with Crippen molar-refractivity contribution in [3.8, 4) is 23.3 Å². The van der Waals surface area contributed by atoms with Crippen LogP contribution in [0, 0.1) is 18.3 Å². The molecule has 1 atom stereocenters. The molecule has 1 unspecified atom stereocenters. The molecule has 4 rings (SSSR count). The zero-order valence-electron chi connectivity index (χ0n) is 14.2. The number of hydrogen-bond acceptors (Lipinski definition) is 6. The number of nitrogens with two attached hydrogens (primary N) is 1. The summed E-state index contributed by atoms with van der Waals surface area (Å²) in [5, 5.41) is 9.52. The van der Waals surface area contributed by atoms with Gasteiger partial charge in [0, 0.05) is 5.56 Å². The summed E-state index contributed by atoms with van der Waals surface area (Å²) in [5.41, 5.74) is 6.48. The molecule has 8 nitrogen and oxygen atoms in total. The first kappa shape index (κ1) is 16.5. The molecule has 0 radical (unpaired) electrons. The fourth-order valence-electron chi connectivity index (χ4n) is 3.05. The zero-order chi connectivity index (χ0) is 19.1. The highest BCUT2D eigenvalue weighted by molar-refractivity contribution is 5.59. The predicted octanol–water partition coefficient (Wildman–Crippen LogP) is 1.85. The average molecular weight is 362 g/mol. The minimum absolute atomic E-state index is 0.0323. The molecule has 0 bridgehead atoms. The Labute approximate surface area is 152 Å². The van der Waals surface area contributed by atoms with Crippen LogP contribution in [0.25, 0.3) is 11.3 Å². The van der Waals surface area contributed by atoms with Crippen molar-refractivity contribution in [3.63, 3.8) is 0 Å². The largest absolute Gasteiger partial charge is 0.460 e. The average Bonchev–Trinajstić information content (AvgIpc) is 3.10. The van der Waals surface area contributed by atoms with Crippen molar-refractivity contribution in [1.82, 2.24) is 9.97 Å². The molecule has 27 heavy (non-hydrogen) atoms. The number of nitrogens with zero attached hydrogens (tertiary/aromatic N) is 1. The molecular formula is C19H14N4O4. The van der Waals surface area contributed by atoms with E-state index in [9.17, 15) is 14.9 Å². The third-order valence-corrected chi connectivity index (χ3v) is 4.37. The third kappa shape index (κ3) is 2.71. The van der Waals surface area contributed by atoms with E-state index in [1.54, 1.807) is 12.1 Å². The molecule has 0 aliphatic carbocycles. The van der Waals surface area contributed by atoms with Crippen molar-refractivity contribution >= 4 is 0 Å². The van der Waals surface area contributed by atoms with Gasteiger partial charge < -0.3 is 14.9 Å². The molecule has 1 aromatic carbocycles. The van der Waals surface area contributed by atoms with Gasteiger partial charge >= 0.3 is 5.69 Å². The molecule has 0 saturated carbocycles. The number of aromatic amines is 2. The van der Waals surface area contributed by atoms with E-state index < -0.39 is 17.2 Å². The second-order valence-electron chi connectivity index (χ2n) is 6.14. The van der Waals surface area contributed by atoms with Crippen LogP contribution < -0.4 is 21.7 Å². The molecule has 0 amide bonds. The fourth-order valence-corrected chi connectivity index (χ4v) is 3.05. The Morgan fingerprint density at radius 3 is 2.56 bits per heavy atom. The topological polar surface area (TPSA) is 138 Å². The molecule has 4 N–H and O–H groups in total. The number of H-pyrrole nitrogens is 2. The zero-order valence-corrected chi connectivity index (χ0v) is 14.2. The molecule has 1 aliphatic heterocycles. The van der Waals surface area contributed by atoms with Crippen molar-refractivity contribution in [2.75, 3.05) is 0 Å². The molecule has 8 heteroatoms. The second kappa shape index (κ2) is 6.07. The Morgan fingerprint density at radius 2 is 1.85 bits per heavy atom. The van der Waals surface area contributed by atoms with Crippen LogP contribution in [-0.4, -0.2) is 9.97 Å². The Balaban J connectivity index is 1.88. The summed E-state index contributed by atoms with van der Waals surface area (Å²) in [6, 6.07) is 13.1. The summed E-state index contributed by atoms with van der Waals surface area (Å²) in [4.78, 5) is 28.5. The first-order chi connectivity index (χ1) is 13.0. The van der Waals surface area contributed by atoms with Crippen molar-refractivity contribution in [2.24, 2.45) is 5.73 Å². The molecular weight excluding hydrogens is 348 g/mol. The SMILES string of the molecule is Cc1ccc(-c2ccc(C3C(C#N)=C(N)Oc4[nH]c(=O)[nH]c(=O)c43)o2)cc1.